The molecule has 0 unspecified atom stereocenters. The second kappa shape index (κ2) is 6.02. The number of hydrogen-bond acceptors (Lipinski definition) is 5. The van der Waals surface area contributed by atoms with Gasteiger partial charge in [0.15, 0.2) is 5.76 Å². The molecule has 1 aliphatic rings. The van der Waals surface area contributed by atoms with E-state index in [2.05, 4.69) is 28.3 Å². The number of aliphatic hydroxyl groups is 1. The minimum atomic E-state index is 0.00344. The van der Waals surface area contributed by atoms with Gasteiger partial charge in [-0.15, -0.1) is 0 Å². The summed E-state index contributed by atoms with van der Waals surface area (Å²) in [6.45, 7) is 1.63. The fourth-order valence-corrected chi connectivity index (χ4v) is 3.24. The number of aromatic nitrogens is 1. The maximum Gasteiger partial charge on any atom is 0.202 e. The monoisotopic (exact) mass is 310 g/mol. The standard InChI is InChI=1S/C18H18N2O3/c21-12-16-15-5-2-1-4-13(15)7-8-20(16)11-14-10-18(23-19-14)17-6-3-9-22-17/h1-6,9-10,16,21H,7-8,11-12H2/t16-/m1/s1. The Hall–Kier alpha value is -2.37. The number of hydrogen-bond donors (Lipinski definition) is 1. The molecule has 23 heavy (non-hydrogen) atoms. The van der Waals surface area contributed by atoms with Crippen molar-refractivity contribution in [1.82, 2.24) is 10.1 Å². The van der Waals surface area contributed by atoms with E-state index in [-0.39, 0.29) is 12.6 Å². The molecule has 0 aliphatic carbocycles. The lowest BCUT2D eigenvalue weighted by Crippen LogP contribution is -2.36. The van der Waals surface area contributed by atoms with Crippen LogP contribution >= 0.6 is 0 Å². The van der Waals surface area contributed by atoms with Crippen molar-refractivity contribution >= 4 is 0 Å². The summed E-state index contributed by atoms with van der Waals surface area (Å²) in [6.07, 6.45) is 2.59. The quantitative estimate of drug-likeness (QED) is 0.802. The normalized spacial score (nSPS) is 18.0. The summed E-state index contributed by atoms with van der Waals surface area (Å²) in [4.78, 5) is 2.24. The van der Waals surface area contributed by atoms with Crippen LogP contribution in [0.5, 0.6) is 0 Å². The minimum absolute atomic E-state index is 0.00344. The van der Waals surface area contributed by atoms with Crippen LogP contribution in [0.4, 0.5) is 0 Å². The average molecular weight is 310 g/mol. The SMILES string of the molecule is OC[C@@H]1c2ccccc2CCN1Cc1cc(-c2ccco2)on1. The zero-order valence-corrected chi connectivity index (χ0v) is 12.7. The number of aliphatic hydroxyl groups excluding tert-OH is 1. The van der Waals surface area contributed by atoms with Crippen LogP contribution in [0.15, 0.2) is 57.7 Å². The van der Waals surface area contributed by atoms with Gasteiger partial charge in [-0.1, -0.05) is 29.4 Å². The topological polar surface area (TPSA) is 62.6 Å². The molecule has 1 N–H and O–H groups in total. The minimum Gasteiger partial charge on any atom is -0.461 e. The first-order valence-corrected chi connectivity index (χ1v) is 7.77. The first kappa shape index (κ1) is 14.2. The summed E-state index contributed by atoms with van der Waals surface area (Å²) in [5.41, 5.74) is 3.37. The highest BCUT2D eigenvalue weighted by Gasteiger charge is 2.27. The third-order valence-corrected chi connectivity index (χ3v) is 4.38. The van der Waals surface area contributed by atoms with Gasteiger partial charge in [0.25, 0.3) is 0 Å². The largest absolute Gasteiger partial charge is 0.461 e. The molecule has 5 heteroatoms. The number of nitrogens with zero attached hydrogens (tertiary/aromatic N) is 2. The molecule has 0 bridgehead atoms. The van der Waals surface area contributed by atoms with E-state index < -0.39 is 0 Å². The van der Waals surface area contributed by atoms with Crippen LogP contribution in [0, 0.1) is 0 Å². The van der Waals surface area contributed by atoms with E-state index in [9.17, 15) is 5.11 Å². The van der Waals surface area contributed by atoms with E-state index in [0.29, 0.717) is 18.1 Å². The second-order valence-electron chi connectivity index (χ2n) is 5.78. The summed E-state index contributed by atoms with van der Waals surface area (Å²) in [5.74, 6) is 1.30. The first-order valence-electron chi connectivity index (χ1n) is 7.77. The molecule has 0 amide bonds. The van der Waals surface area contributed by atoms with Crippen LogP contribution in [0.2, 0.25) is 0 Å². The summed E-state index contributed by atoms with van der Waals surface area (Å²) in [5, 5.41) is 14.0. The molecule has 0 radical (unpaired) electrons. The van der Waals surface area contributed by atoms with E-state index in [0.717, 1.165) is 18.7 Å². The second-order valence-corrected chi connectivity index (χ2v) is 5.78. The van der Waals surface area contributed by atoms with Gasteiger partial charge in [-0.05, 0) is 29.7 Å². The van der Waals surface area contributed by atoms with Gasteiger partial charge >= 0.3 is 0 Å². The van der Waals surface area contributed by atoms with Gasteiger partial charge in [0.2, 0.25) is 5.76 Å². The van der Waals surface area contributed by atoms with E-state index >= 15 is 0 Å². The summed E-state index contributed by atoms with van der Waals surface area (Å²) >= 11 is 0. The lowest BCUT2D eigenvalue weighted by atomic mass is 9.93. The van der Waals surface area contributed by atoms with Crippen molar-refractivity contribution in [1.29, 1.82) is 0 Å². The Bertz CT molecular complexity index is 779. The Kier molecular flexibility index (Phi) is 3.73. The Morgan fingerprint density at radius 1 is 1.17 bits per heavy atom. The van der Waals surface area contributed by atoms with Gasteiger partial charge in [-0.25, -0.2) is 0 Å². The predicted molar refractivity (Wildman–Crippen MR) is 84.6 cm³/mol. The molecule has 118 valence electrons. The van der Waals surface area contributed by atoms with Crippen LogP contribution in [-0.2, 0) is 13.0 Å². The Morgan fingerprint density at radius 2 is 2.09 bits per heavy atom. The van der Waals surface area contributed by atoms with E-state index in [1.807, 2.05) is 24.3 Å². The van der Waals surface area contributed by atoms with Crippen LogP contribution in [-0.4, -0.2) is 28.3 Å². The van der Waals surface area contributed by atoms with Gasteiger partial charge in [0.05, 0.1) is 24.6 Å². The summed E-state index contributed by atoms with van der Waals surface area (Å²) < 4.78 is 10.7. The summed E-state index contributed by atoms with van der Waals surface area (Å²) in [6, 6.07) is 13.9. The Morgan fingerprint density at radius 3 is 2.91 bits per heavy atom. The van der Waals surface area contributed by atoms with Crippen LogP contribution in [0.3, 0.4) is 0 Å². The highest BCUT2D eigenvalue weighted by molar-refractivity contribution is 5.49. The molecule has 3 aromatic rings. The van der Waals surface area contributed by atoms with Crippen LogP contribution in [0.25, 0.3) is 11.5 Å². The molecule has 4 rings (SSSR count). The Balaban J connectivity index is 1.55. The molecule has 1 aliphatic heterocycles. The molecule has 1 atom stereocenters. The molecule has 0 spiro atoms. The lowest BCUT2D eigenvalue weighted by molar-refractivity contribution is 0.106. The van der Waals surface area contributed by atoms with Gasteiger partial charge in [-0.2, -0.15) is 0 Å². The van der Waals surface area contributed by atoms with Crippen molar-refractivity contribution in [2.45, 2.75) is 19.0 Å². The number of rotatable bonds is 4. The van der Waals surface area contributed by atoms with Crippen molar-refractivity contribution in [3.8, 4) is 11.5 Å². The average Bonchev–Trinajstić information content (AvgIpc) is 3.26. The highest BCUT2D eigenvalue weighted by Crippen LogP contribution is 2.31. The van der Waals surface area contributed by atoms with Crippen LogP contribution in [0.1, 0.15) is 22.9 Å². The van der Waals surface area contributed by atoms with Crippen molar-refractivity contribution in [2.75, 3.05) is 13.2 Å². The zero-order chi connectivity index (χ0) is 15.6. The first-order chi connectivity index (χ1) is 11.3. The third-order valence-electron chi connectivity index (χ3n) is 4.38. The molecular weight excluding hydrogens is 292 g/mol. The van der Waals surface area contributed by atoms with Gasteiger partial charge in [0, 0.05) is 19.2 Å². The molecule has 3 heterocycles. The van der Waals surface area contributed by atoms with Gasteiger partial charge in [0.1, 0.15) is 0 Å². The molecule has 5 nitrogen and oxygen atoms in total. The number of benzene rings is 1. The van der Waals surface area contributed by atoms with Crippen molar-refractivity contribution < 1.29 is 14.0 Å². The fraction of sp³-hybridized carbons (Fsp3) is 0.278. The van der Waals surface area contributed by atoms with E-state index in [4.69, 9.17) is 8.94 Å². The van der Waals surface area contributed by atoms with E-state index in [1.165, 1.54) is 11.1 Å². The maximum atomic E-state index is 9.84. The van der Waals surface area contributed by atoms with Crippen molar-refractivity contribution in [3.05, 3.63) is 65.5 Å². The van der Waals surface area contributed by atoms with Gasteiger partial charge < -0.3 is 14.0 Å². The van der Waals surface area contributed by atoms with Crippen LogP contribution < -0.4 is 0 Å². The third kappa shape index (κ3) is 2.69. The molecular formula is C18H18N2O3. The molecule has 0 fully saturated rings. The lowest BCUT2D eigenvalue weighted by Gasteiger charge is -2.35. The molecule has 1 aromatic carbocycles. The summed E-state index contributed by atoms with van der Waals surface area (Å²) in [7, 11) is 0. The predicted octanol–water partition coefficient (Wildman–Crippen LogP) is 3.03. The fourth-order valence-electron chi connectivity index (χ4n) is 3.24. The zero-order valence-electron chi connectivity index (χ0n) is 12.7. The van der Waals surface area contributed by atoms with Crippen molar-refractivity contribution in [2.24, 2.45) is 0 Å². The molecule has 0 saturated heterocycles. The highest BCUT2D eigenvalue weighted by atomic mass is 16.5. The van der Waals surface area contributed by atoms with E-state index in [1.54, 1.807) is 6.26 Å². The molecule has 0 saturated carbocycles. The van der Waals surface area contributed by atoms with Gasteiger partial charge in [-0.3, -0.25) is 4.90 Å². The smallest absolute Gasteiger partial charge is 0.202 e. The number of furan rings is 1. The van der Waals surface area contributed by atoms with Crippen molar-refractivity contribution in [3.63, 3.8) is 0 Å². The number of fused-ring (bicyclic) bond motifs is 1. The molecule has 2 aromatic heterocycles. The Labute approximate surface area is 134 Å². The maximum absolute atomic E-state index is 9.84.